The van der Waals surface area contributed by atoms with Crippen LogP contribution in [0.1, 0.15) is 30.8 Å². The first-order chi connectivity index (χ1) is 13.9. The summed E-state index contributed by atoms with van der Waals surface area (Å²) in [6, 6.07) is 5.02. The fraction of sp³-hybridized carbons (Fsp3) is 0.353. The molecule has 3 aromatic rings. The van der Waals surface area contributed by atoms with Gasteiger partial charge in [-0.15, -0.1) is 20.4 Å². The number of hydrogen-bond acceptors (Lipinski definition) is 8. The number of carbonyl (C=O) groups is 1. The van der Waals surface area contributed by atoms with E-state index >= 15 is 0 Å². The normalized spacial score (nSPS) is 12.0. The van der Waals surface area contributed by atoms with Crippen LogP contribution in [0.2, 0.25) is 10.0 Å². The van der Waals surface area contributed by atoms with Gasteiger partial charge in [0.1, 0.15) is 10.8 Å². The van der Waals surface area contributed by atoms with Crippen LogP contribution in [-0.4, -0.2) is 36.6 Å². The Labute approximate surface area is 186 Å². The van der Waals surface area contributed by atoms with Gasteiger partial charge in [-0.1, -0.05) is 46.3 Å². The van der Waals surface area contributed by atoms with E-state index in [-0.39, 0.29) is 11.7 Å². The van der Waals surface area contributed by atoms with E-state index in [1.54, 1.807) is 18.2 Å². The van der Waals surface area contributed by atoms with E-state index in [9.17, 15) is 4.79 Å². The molecule has 29 heavy (non-hydrogen) atoms. The lowest BCUT2D eigenvalue weighted by atomic mass is 10.3. The Bertz CT molecular complexity index is 1010. The number of carbonyl (C=O) groups excluding carboxylic acids is 1. The molecule has 0 spiro atoms. The van der Waals surface area contributed by atoms with Crippen LogP contribution in [0.25, 0.3) is 0 Å². The number of benzene rings is 1. The van der Waals surface area contributed by atoms with Crippen LogP contribution >= 0.6 is 46.3 Å². The van der Waals surface area contributed by atoms with Crippen molar-refractivity contribution in [1.29, 1.82) is 0 Å². The van der Waals surface area contributed by atoms with Crippen molar-refractivity contribution < 1.29 is 9.53 Å². The largest absolute Gasteiger partial charge is 0.481 e. The number of nitrogens with zero attached hydrogens (tertiary/aromatic N) is 5. The van der Waals surface area contributed by atoms with Crippen LogP contribution in [-0.2, 0) is 11.3 Å². The van der Waals surface area contributed by atoms with E-state index in [1.807, 2.05) is 25.3 Å². The van der Waals surface area contributed by atoms with E-state index in [0.29, 0.717) is 38.5 Å². The monoisotopic (exact) mass is 472 g/mol. The molecule has 1 aromatic carbocycles. The average Bonchev–Trinajstić information content (AvgIpc) is 3.28. The Morgan fingerprint density at radius 3 is 2.79 bits per heavy atom. The SMILES string of the molecule is CCn1c(SCC(=O)Nc2nnc(C)s2)nnc1C(C)Oc1cc(Cl)ccc1Cl. The van der Waals surface area contributed by atoms with Gasteiger partial charge in [0, 0.05) is 17.6 Å². The Morgan fingerprint density at radius 1 is 1.31 bits per heavy atom. The van der Waals surface area contributed by atoms with Crippen molar-refractivity contribution in [3.63, 3.8) is 0 Å². The predicted molar refractivity (Wildman–Crippen MR) is 115 cm³/mol. The zero-order chi connectivity index (χ0) is 21.0. The van der Waals surface area contributed by atoms with E-state index < -0.39 is 6.10 Å². The van der Waals surface area contributed by atoms with Crippen LogP contribution in [0.15, 0.2) is 23.4 Å². The third kappa shape index (κ3) is 5.59. The molecule has 0 fully saturated rings. The molecule has 1 atom stereocenters. The number of rotatable bonds is 8. The molecule has 0 aliphatic heterocycles. The molecule has 3 rings (SSSR count). The topological polar surface area (TPSA) is 94.8 Å². The number of hydrogen-bond donors (Lipinski definition) is 1. The minimum atomic E-state index is -0.411. The standard InChI is InChI=1S/C17H18Cl2N6O2S2/c1-4-25-15(9(2)27-13-7-11(18)5-6-12(13)19)22-24-17(25)28-8-14(26)20-16-23-21-10(3)29-16/h5-7,9H,4,8H2,1-3H3,(H,20,23,26). The van der Waals surface area contributed by atoms with Crippen LogP contribution in [0.4, 0.5) is 5.13 Å². The Kier molecular flexibility index (Phi) is 7.33. The summed E-state index contributed by atoms with van der Waals surface area (Å²) in [5.41, 5.74) is 0. The zero-order valence-corrected chi connectivity index (χ0v) is 19.0. The van der Waals surface area contributed by atoms with Crippen LogP contribution < -0.4 is 10.1 Å². The summed E-state index contributed by atoms with van der Waals surface area (Å²) in [5.74, 6) is 1.09. The summed E-state index contributed by atoms with van der Waals surface area (Å²) < 4.78 is 7.83. The lowest BCUT2D eigenvalue weighted by Crippen LogP contribution is -2.15. The van der Waals surface area contributed by atoms with Gasteiger partial charge >= 0.3 is 0 Å². The molecular weight excluding hydrogens is 455 g/mol. The highest BCUT2D eigenvalue weighted by Crippen LogP contribution is 2.32. The van der Waals surface area contributed by atoms with Gasteiger partial charge < -0.3 is 9.30 Å². The van der Waals surface area contributed by atoms with Crippen molar-refractivity contribution in [1.82, 2.24) is 25.0 Å². The van der Waals surface area contributed by atoms with Crippen molar-refractivity contribution in [3.8, 4) is 5.75 Å². The summed E-state index contributed by atoms with van der Waals surface area (Å²) in [6.07, 6.45) is -0.411. The Hall–Kier alpha value is -1.88. The van der Waals surface area contributed by atoms with Gasteiger partial charge in [0.15, 0.2) is 17.1 Å². The van der Waals surface area contributed by atoms with E-state index in [4.69, 9.17) is 27.9 Å². The van der Waals surface area contributed by atoms with E-state index in [2.05, 4.69) is 25.7 Å². The molecule has 0 bridgehead atoms. The maximum atomic E-state index is 12.1. The minimum Gasteiger partial charge on any atom is -0.481 e. The van der Waals surface area contributed by atoms with Gasteiger partial charge in [-0.3, -0.25) is 10.1 Å². The third-order valence-corrected chi connectivity index (χ3v) is 6.00. The molecule has 1 amide bonds. The zero-order valence-electron chi connectivity index (χ0n) is 15.8. The van der Waals surface area contributed by atoms with Gasteiger partial charge in [-0.05, 0) is 32.9 Å². The summed E-state index contributed by atoms with van der Waals surface area (Å²) >= 11 is 14.8. The molecule has 1 unspecified atom stereocenters. The molecule has 0 radical (unpaired) electrons. The van der Waals surface area contributed by atoms with Crippen LogP contribution in [0.3, 0.4) is 0 Å². The molecule has 0 aliphatic rings. The Morgan fingerprint density at radius 2 is 2.10 bits per heavy atom. The summed E-state index contributed by atoms with van der Waals surface area (Å²) in [4.78, 5) is 12.1. The fourth-order valence-corrected chi connectivity index (χ4v) is 4.19. The highest BCUT2D eigenvalue weighted by molar-refractivity contribution is 7.99. The first-order valence-electron chi connectivity index (χ1n) is 8.65. The van der Waals surface area contributed by atoms with Gasteiger partial charge in [0.05, 0.1) is 10.8 Å². The van der Waals surface area contributed by atoms with E-state index in [0.717, 1.165) is 5.01 Å². The van der Waals surface area contributed by atoms with Crippen molar-refractivity contribution in [2.45, 2.75) is 38.6 Å². The first kappa shape index (κ1) is 21.8. The quantitative estimate of drug-likeness (QED) is 0.477. The summed E-state index contributed by atoms with van der Waals surface area (Å²) in [6.45, 7) is 6.28. The average molecular weight is 473 g/mol. The highest BCUT2D eigenvalue weighted by Gasteiger charge is 2.20. The Balaban J connectivity index is 1.66. The smallest absolute Gasteiger partial charge is 0.236 e. The second kappa shape index (κ2) is 9.75. The maximum Gasteiger partial charge on any atom is 0.236 e. The molecule has 8 nitrogen and oxygen atoms in total. The van der Waals surface area contributed by atoms with Crippen molar-refractivity contribution in [2.24, 2.45) is 0 Å². The molecule has 0 saturated heterocycles. The number of aromatic nitrogens is 5. The second-order valence-electron chi connectivity index (χ2n) is 5.88. The van der Waals surface area contributed by atoms with Gasteiger partial charge in [-0.25, -0.2) is 0 Å². The van der Waals surface area contributed by atoms with Crippen LogP contribution in [0, 0.1) is 6.92 Å². The summed E-state index contributed by atoms with van der Waals surface area (Å²) in [5, 5.41) is 21.8. The molecule has 1 N–H and O–H groups in total. The number of anilines is 1. The van der Waals surface area contributed by atoms with E-state index in [1.165, 1.54) is 23.1 Å². The molecule has 0 aliphatic carbocycles. The van der Waals surface area contributed by atoms with Gasteiger partial charge in [0.25, 0.3) is 0 Å². The maximum absolute atomic E-state index is 12.1. The predicted octanol–water partition coefficient (Wildman–Crippen LogP) is 4.64. The summed E-state index contributed by atoms with van der Waals surface area (Å²) in [7, 11) is 0. The number of nitrogens with one attached hydrogen (secondary N) is 1. The number of amides is 1. The van der Waals surface area contributed by atoms with Crippen molar-refractivity contribution in [2.75, 3.05) is 11.1 Å². The number of thioether (sulfide) groups is 1. The molecule has 2 heterocycles. The highest BCUT2D eigenvalue weighted by atomic mass is 35.5. The van der Waals surface area contributed by atoms with Crippen molar-refractivity contribution in [3.05, 3.63) is 39.1 Å². The van der Waals surface area contributed by atoms with Gasteiger partial charge in [-0.2, -0.15) is 0 Å². The minimum absolute atomic E-state index is 0.173. The fourth-order valence-electron chi connectivity index (χ4n) is 2.45. The lowest BCUT2D eigenvalue weighted by molar-refractivity contribution is -0.113. The number of ether oxygens (including phenoxy) is 1. The number of halogens is 2. The third-order valence-electron chi connectivity index (χ3n) is 3.73. The van der Waals surface area contributed by atoms with Gasteiger partial charge in [0.2, 0.25) is 11.0 Å². The van der Waals surface area contributed by atoms with Crippen molar-refractivity contribution >= 4 is 57.3 Å². The lowest BCUT2D eigenvalue weighted by Gasteiger charge is -2.16. The molecule has 0 saturated carbocycles. The molecule has 12 heteroatoms. The van der Waals surface area contributed by atoms with Crippen LogP contribution in [0.5, 0.6) is 5.75 Å². The number of aryl methyl sites for hydroxylation is 1. The molecule has 154 valence electrons. The second-order valence-corrected chi connectivity index (χ2v) is 8.85. The molecule has 2 aromatic heterocycles. The molecular formula is C17H18Cl2N6O2S2. The first-order valence-corrected chi connectivity index (χ1v) is 11.2.